The SMILES string of the molecule is CN1C2CCC1CC(c1ccc(-n3cc(-c4n[nH]c5cc(F)ccc45)nn3)cc1)C2. The molecular weight excluding hydrogens is 379 g/mol. The minimum Gasteiger partial charge on any atom is -0.300 e. The highest BCUT2D eigenvalue weighted by Gasteiger charge is 2.38. The molecule has 0 radical (unpaired) electrons. The summed E-state index contributed by atoms with van der Waals surface area (Å²) in [4.78, 5) is 2.58. The van der Waals surface area contributed by atoms with Crippen molar-refractivity contribution in [2.75, 3.05) is 7.05 Å². The lowest BCUT2D eigenvalue weighted by Crippen LogP contribution is -2.39. The highest BCUT2D eigenvalue weighted by molar-refractivity contribution is 5.91. The van der Waals surface area contributed by atoms with E-state index >= 15 is 0 Å². The van der Waals surface area contributed by atoms with Crippen molar-refractivity contribution in [2.45, 2.75) is 43.7 Å². The van der Waals surface area contributed by atoms with Gasteiger partial charge in [-0.2, -0.15) is 5.10 Å². The smallest absolute Gasteiger partial charge is 0.134 e. The van der Waals surface area contributed by atoms with Gasteiger partial charge in [0.15, 0.2) is 0 Å². The summed E-state index contributed by atoms with van der Waals surface area (Å²) in [6, 6.07) is 14.8. The number of aromatic nitrogens is 5. The predicted molar refractivity (Wildman–Crippen MR) is 113 cm³/mol. The third-order valence-corrected chi connectivity index (χ3v) is 6.99. The molecular formula is C23H23FN6. The molecule has 2 fully saturated rings. The van der Waals surface area contributed by atoms with Crippen LogP contribution < -0.4 is 0 Å². The minimum absolute atomic E-state index is 0.293. The van der Waals surface area contributed by atoms with Crippen molar-refractivity contribution < 1.29 is 4.39 Å². The first-order valence-corrected chi connectivity index (χ1v) is 10.5. The van der Waals surface area contributed by atoms with Crippen molar-refractivity contribution in [1.29, 1.82) is 0 Å². The molecule has 4 heterocycles. The standard InChI is InChI=1S/C23H23FN6/c1-29-18-7-8-19(29)11-15(10-18)14-2-5-17(6-3-14)30-13-22(26-28-30)23-20-9-4-16(24)12-21(20)25-27-23/h2-6,9,12-13,15,18-19H,7-8,10-11H2,1H3,(H,25,27). The molecule has 2 aromatic carbocycles. The molecule has 0 aliphatic carbocycles. The zero-order chi connectivity index (χ0) is 20.2. The molecule has 4 aromatic rings. The fraction of sp³-hybridized carbons (Fsp3) is 0.348. The second kappa shape index (κ2) is 6.74. The molecule has 0 spiro atoms. The number of rotatable bonds is 3. The molecule has 2 aromatic heterocycles. The maximum Gasteiger partial charge on any atom is 0.134 e. The molecule has 2 atom stereocenters. The molecule has 152 valence electrons. The molecule has 0 amide bonds. The molecule has 6 rings (SSSR count). The van der Waals surface area contributed by atoms with Gasteiger partial charge in [0.2, 0.25) is 0 Å². The molecule has 30 heavy (non-hydrogen) atoms. The van der Waals surface area contributed by atoms with Gasteiger partial charge in [0.25, 0.3) is 0 Å². The number of hydrogen-bond acceptors (Lipinski definition) is 4. The zero-order valence-corrected chi connectivity index (χ0v) is 16.8. The summed E-state index contributed by atoms with van der Waals surface area (Å²) in [5.74, 6) is 0.355. The van der Waals surface area contributed by atoms with Gasteiger partial charge in [0.05, 0.1) is 17.4 Å². The fourth-order valence-corrected chi connectivity index (χ4v) is 5.27. The van der Waals surface area contributed by atoms with E-state index in [-0.39, 0.29) is 5.82 Å². The summed E-state index contributed by atoms with van der Waals surface area (Å²) in [6.07, 6.45) is 7.06. The van der Waals surface area contributed by atoms with Crippen LogP contribution in [0.3, 0.4) is 0 Å². The molecule has 2 unspecified atom stereocenters. The lowest BCUT2D eigenvalue weighted by Gasteiger charge is -2.36. The Morgan fingerprint density at radius 2 is 1.80 bits per heavy atom. The number of piperidine rings is 1. The van der Waals surface area contributed by atoms with Crippen LogP contribution in [-0.2, 0) is 0 Å². The molecule has 2 aliphatic heterocycles. The lowest BCUT2D eigenvalue weighted by atomic mass is 9.85. The quantitative estimate of drug-likeness (QED) is 0.555. The Balaban J connectivity index is 1.25. The van der Waals surface area contributed by atoms with Gasteiger partial charge in [-0.15, -0.1) is 5.10 Å². The molecule has 6 nitrogen and oxygen atoms in total. The van der Waals surface area contributed by atoms with Gasteiger partial charge in [-0.25, -0.2) is 9.07 Å². The van der Waals surface area contributed by atoms with Gasteiger partial charge in [-0.3, -0.25) is 5.10 Å². The van der Waals surface area contributed by atoms with Gasteiger partial charge < -0.3 is 4.90 Å². The maximum atomic E-state index is 13.4. The molecule has 1 N–H and O–H groups in total. The second-order valence-corrected chi connectivity index (χ2v) is 8.62. The summed E-state index contributed by atoms with van der Waals surface area (Å²) in [6.45, 7) is 0. The Bertz CT molecular complexity index is 1200. The minimum atomic E-state index is -0.293. The van der Waals surface area contributed by atoms with Crippen molar-refractivity contribution in [3.63, 3.8) is 0 Å². The second-order valence-electron chi connectivity index (χ2n) is 8.62. The van der Waals surface area contributed by atoms with Gasteiger partial charge in [-0.05, 0) is 74.5 Å². The van der Waals surface area contributed by atoms with Crippen LogP contribution in [0.1, 0.15) is 37.2 Å². The van der Waals surface area contributed by atoms with Gasteiger partial charge >= 0.3 is 0 Å². The molecule has 2 aliphatic rings. The number of hydrogen-bond donors (Lipinski definition) is 1. The van der Waals surface area contributed by atoms with E-state index in [9.17, 15) is 4.39 Å². The van der Waals surface area contributed by atoms with Crippen LogP contribution in [0.15, 0.2) is 48.7 Å². The highest BCUT2D eigenvalue weighted by Crippen LogP contribution is 2.42. The number of aromatic amines is 1. The van der Waals surface area contributed by atoms with E-state index in [0.717, 1.165) is 23.2 Å². The van der Waals surface area contributed by atoms with E-state index in [1.807, 2.05) is 6.20 Å². The fourth-order valence-electron chi connectivity index (χ4n) is 5.27. The van der Waals surface area contributed by atoms with E-state index in [1.54, 1.807) is 10.7 Å². The predicted octanol–water partition coefficient (Wildman–Crippen LogP) is 4.29. The van der Waals surface area contributed by atoms with Crippen LogP contribution in [0.4, 0.5) is 4.39 Å². The zero-order valence-electron chi connectivity index (χ0n) is 16.8. The van der Waals surface area contributed by atoms with Crippen LogP contribution in [0, 0.1) is 5.82 Å². The number of nitrogens with zero attached hydrogens (tertiary/aromatic N) is 5. The third-order valence-electron chi connectivity index (χ3n) is 6.99. The van der Waals surface area contributed by atoms with Crippen molar-refractivity contribution in [3.05, 3.63) is 60.0 Å². The number of nitrogens with one attached hydrogen (secondary N) is 1. The summed E-state index contributed by atoms with van der Waals surface area (Å²) >= 11 is 0. The van der Waals surface area contributed by atoms with Crippen molar-refractivity contribution in [3.8, 4) is 17.1 Å². The van der Waals surface area contributed by atoms with Crippen LogP contribution in [0.2, 0.25) is 0 Å². The van der Waals surface area contributed by atoms with E-state index in [1.165, 1.54) is 43.4 Å². The number of H-pyrrole nitrogens is 1. The normalized spacial score (nSPS) is 24.0. The Morgan fingerprint density at radius 1 is 1.03 bits per heavy atom. The Hall–Kier alpha value is -3.06. The third kappa shape index (κ3) is 2.84. The van der Waals surface area contributed by atoms with Crippen LogP contribution in [0.25, 0.3) is 28.0 Å². The number of benzene rings is 2. The Labute approximate surface area is 173 Å². The van der Waals surface area contributed by atoms with Crippen molar-refractivity contribution in [1.82, 2.24) is 30.1 Å². The van der Waals surface area contributed by atoms with E-state index in [0.29, 0.717) is 22.8 Å². The van der Waals surface area contributed by atoms with Crippen LogP contribution >= 0.6 is 0 Å². The summed E-state index contributed by atoms with van der Waals surface area (Å²) in [5.41, 5.74) is 4.37. The summed E-state index contributed by atoms with van der Waals surface area (Å²) in [5, 5.41) is 16.6. The number of halogens is 1. The largest absolute Gasteiger partial charge is 0.300 e. The van der Waals surface area contributed by atoms with Gasteiger partial charge in [0, 0.05) is 17.5 Å². The maximum absolute atomic E-state index is 13.4. The van der Waals surface area contributed by atoms with Crippen molar-refractivity contribution >= 4 is 10.9 Å². The van der Waals surface area contributed by atoms with Crippen LogP contribution in [0.5, 0.6) is 0 Å². The Morgan fingerprint density at radius 3 is 2.57 bits per heavy atom. The van der Waals surface area contributed by atoms with E-state index in [4.69, 9.17) is 0 Å². The Kier molecular flexibility index (Phi) is 3.99. The molecule has 2 bridgehead atoms. The van der Waals surface area contributed by atoms with Crippen LogP contribution in [-0.4, -0.2) is 49.2 Å². The number of fused-ring (bicyclic) bond motifs is 3. The van der Waals surface area contributed by atoms with Crippen molar-refractivity contribution in [2.24, 2.45) is 0 Å². The average molecular weight is 402 g/mol. The monoisotopic (exact) mass is 402 g/mol. The molecule has 2 saturated heterocycles. The first kappa shape index (κ1) is 17.8. The van der Waals surface area contributed by atoms with E-state index < -0.39 is 0 Å². The van der Waals surface area contributed by atoms with E-state index in [2.05, 4.69) is 56.7 Å². The first-order chi connectivity index (χ1) is 14.7. The van der Waals surface area contributed by atoms with Gasteiger partial charge in [-0.1, -0.05) is 17.3 Å². The van der Waals surface area contributed by atoms with Gasteiger partial charge in [0.1, 0.15) is 17.2 Å². The molecule has 7 heteroatoms. The first-order valence-electron chi connectivity index (χ1n) is 10.5. The topological polar surface area (TPSA) is 62.6 Å². The highest BCUT2D eigenvalue weighted by atomic mass is 19.1. The molecule has 0 saturated carbocycles. The summed E-state index contributed by atoms with van der Waals surface area (Å²) in [7, 11) is 2.28. The average Bonchev–Trinajstić information content (AvgIpc) is 3.44. The summed E-state index contributed by atoms with van der Waals surface area (Å²) < 4.78 is 15.2. The lowest BCUT2D eigenvalue weighted by molar-refractivity contribution is 0.161.